The molecule has 1 fully saturated rings. The van der Waals surface area contributed by atoms with Crippen LogP contribution in [0.4, 0.5) is 0 Å². The smallest absolute Gasteiger partial charge is 0.307 e. The zero-order valence-corrected chi connectivity index (χ0v) is 7.66. The Morgan fingerprint density at radius 1 is 1.54 bits per heavy atom. The molecular weight excluding hydrogens is 166 g/mol. The molecule has 0 aromatic rings. The molecule has 2 atom stereocenters. The lowest BCUT2D eigenvalue weighted by atomic mass is 9.89. The van der Waals surface area contributed by atoms with E-state index in [9.17, 15) is 4.79 Å². The number of nitriles is 1. The minimum atomic E-state index is -0.729. The number of carbonyl (C=O) groups is 1. The number of nitrogens with zero attached hydrogens (tertiary/aromatic N) is 1. The van der Waals surface area contributed by atoms with Crippen LogP contribution < -0.4 is 0 Å². The SMILES string of the molecule is C/C(=C/C#N)C1CCCC1C(=O)O. The fourth-order valence-electron chi connectivity index (χ4n) is 2.01. The lowest BCUT2D eigenvalue weighted by Gasteiger charge is -2.15. The molecule has 3 heteroatoms. The molecule has 0 aromatic heterocycles. The van der Waals surface area contributed by atoms with Crippen LogP contribution in [0.15, 0.2) is 11.6 Å². The van der Waals surface area contributed by atoms with Crippen molar-refractivity contribution in [2.75, 3.05) is 0 Å². The lowest BCUT2D eigenvalue weighted by molar-refractivity contribution is -0.142. The molecule has 1 aliphatic rings. The maximum atomic E-state index is 10.8. The predicted molar refractivity (Wildman–Crippen MR) is 47.8 cm³/mol. The van der Waals surface area contributed by atoms with Crippen molar-refractivity contribution in [2.45, 2.75) is 26.2 Å². The van der Waals surface area contributed by atoms with Crippen molar-refractivity contribution < 1.29 is 9.90 Å². The molecule has 70 valence electrons. The van der Waals surface area contributed by atoms with Crippen molar-refractivity contribution in [3.63, 3.8) is 0 Å². The summed E-state index contributed by atoms with van der Waals surface area (Å²) in [6.45, 7) is 1.84. The largest absolute Gasteiger partial charge is 0.481 e. The normalized spacial score (nSPS) is 28.5. The van der Waals surface area contributed by atoms with Crippen LogP contribution in [0.1, 0.15) is 26.2 Å². The monoisotopic (exact) mass is 179 g/mol. The van der Waals surface area contributed by atoms with E-state index in [-0.39, 0.29) is 11.8 Å². The van der Waals surface area contributed by atoms with Crippen molar-refractivity contribution >= 4 is 5.97 Å². The number of rotatable bonds is 2. The lowest BCUT2D eigenvalue weighted by Crippen LogP contribution is -2.18. The van der Waals surface area contributed by atoms with Crippen LogP contribution in [0, 0.1) is 23.2 Å². The van der Waals surface area contributed by atoms with Gasteiger partial charge in [-0.15, -0.1) is 0 Å². The van der Waals surface area contributed by atoms with Gasteiger partial charge in [-0.1, -0.05) is 12.0 Å². The van der Waals surface area contributed by atoms with E-state index in [4.69, 9.17) is 10.4 Å². The highest BCUT2D eigenvalue weighted by Gasteiger charge is 2.33. The second kappa shape index (κ2) is 4.08. The Hall–Kier alpha value is -1.30. The summed E-state index contributed by atoms with van der Waals surface area (Å²) in [7, 11) is 0. The van der Waals surface area contributed by atoms with Crippen LogP contribution in [0.3, 0.4) is 0 Å². The van der Waals surface area contributed by atoms with E-state index >= 15 is 0 Å². The summed E-state index contributed by atoms with van der Waals surface area (Å²) in [5, 5.41) is 17.3. The summed E-state index contributed by atoms with van der Waals surface area (Å²) >= 11 is 0. The van der Waals surface area contributed by atoms with E-state index in [1.54, 1.807) is 0 Å². The summed E-state index contributed by atoms with van der Waals surface area (Å²) in [5.41, 5.74) is 0.910. The first-order chi connectivity index (χ1) is 6.16. The van der Waals surface area contributed by atoms with Crippen molar-refractivity contribution in [2.24, 2.45) is 11.8 Å². The third kappa shape index (κ3) is 2.09. The molecule has 0 aliphatic heterocycles. The fourth-order valence-corrected chi connectivity index (χ4v) is 2.01. The zero-order valence-electron chi connectivity index (χ0n) is 7.66. The Bertz CT molecular complexity index is 275. The number of aliphatic carboxylic acids is 1. The van der Waals surface area contributed by atoms with Crippen molar-refractivity contribution in [3.8, 4) is 6.07 Å². The molecule has 13 heavy (non-hydrogen) atoms. The second-order valence-corrected chi connectivity index (χ2v) is 3.50. The number of carboxylic acids is 1. The number of hydrogen-bond donors (Lipinski definition) is 1. The van der Waals surface area contributed by atoms with Gasteiger partial charge in [0.15, 0.2) is 0 Å². The highest BCUT2D eigenvalue weighted by Crippen LogP contribution is 2.36. The first kappa shape index (κ1) is 9.79. The maximum Gasteiger partial charge on any atom is 0.307 e. The molecule has 0 aromatic carbocycles. The Labute approximate surface area is 77.7 Å². The number of carboxylic acid groups (broad SMARTS) is 1. The van der Waals surface area contributed by atoms with Crippen molar-refractivity contribution in [3.05, 3.63) is 11.6 Å². The summed E-state index contributed by atoms with van der Waals surface area (Å²) in [5.74, 6) is -0.921. The van der Waals surface area contributed by atoms with E-state index in [1.165, 1.54) is 6.08 Å². The van der Waals surface area contributed by atoms with E-state index < -0.39 is 5.97 Å². The van der Waals surface area contributed by atoms with Crippen molar-refractivity contribution in [1.29, 1.82) is 5.26 Å². The first-order valence-electron chi connectivity index (χ1n) is 4.46. The van der Waals surface area contributed by atoms with Gasteiger partial charge in [-0.05, 0) is 25.7 Å². The topological polar surface area (TPSA) is 61.1 Å². The minimum Gasteiger partial charge on any atom is -0.481 e. The molecule has 1 saturated carbocycles. The summed E-state index contributed by atoms with van der Waals surface area (Å²) in [6, 6.07) is 1.95. The predicted octanol–water partition coefficient (Wildman–Crippen LogP) is 1.96. The molecule has 0 heterocycles. The van der Waals surface area contributed by atoms with Gasteiger partial charge in [-0.3, -0.25) is 4.79 Å². The van der Waals surface area contributed by atoms with Gasteiger partial charge in [0.2, 0.25) is 0 Å². The highest BCUT2D eigenvalue weighted by molar-refractivity contribution is 5.71. The van der Waals surface area contributed by atoms with Gasteiger partial charge >= 0.3 is 5.97 Å². The Balaban J connectivity index is 2.75. The van der Waals surface area contributed by atoms with Crippen LogP contribution in [-0.2, 0) is 4.79 Å². The van der Waals surface area contributed by atoms with Gasteiger partial charge in [0.1, 0.15) is 0 Å². The molecule has 0 saturated heterocycles. The standard InChI is InChI=1S/C10H13NO2/c1-7(5-6-11)8-3-2-4-9(8)10(12)13/h5,8-9H,2-4H2,1H3,(H,12,13)/b7-5-. The number of hydrogen-bond acceptors (Lipinski definition) is 2. The van der Waals surface area contributed by atoms with Crippen LogP contribution >= 0.6 is 0 Å². The molecule has 1 aliphatic carbocycles. The van der Waals surface area contributed by atoms with Gasteiger partial charge < -0.3 is 5.11 Å². The minimum absolute atomic E-state index is 0.0807. The van der Waals surface area contributed by atoms with Crippen LogP contribution in [0.5, 0.6) is 0 Å². The quantitative estimate of drug-likeness (QED) is 0.659. The van der Waals surface area contributed by atoms with E-state index in [2.05, 4.69) is 0 Å². The molecule has 0 bridgehead atoms. The van der Waals surface area contributed by atoms with E-state index in [0.29, 0.717) is 0 Å². The molecular formula is C10H13NO2. The summed E-state index contributed by atoms with van der Waals surface area (Å²) in [4.78, 5) is 10.8. The van der Waals surface area contributed by atoms with Gasteiger partial charge in [-0.2, -0.15) is 5.26 Å². The second-order valence-electron chi connectivity index (χ2n) is 3.50. The zero-order chi connectivity index (χ0) is 9.84. The third-order valence-corrected chi connectivity index (χ3v) is 2.71. The molecule has 0 amide bonds. The van der Waals surface area contributed by atoms with Gasteiger partial charge in [0, 0.05) is 6.08 Å². The molecule has 0 spiro atoms. The van der Waals surface area contributed by atoms with Gasteiger partial charge in [0.25, 0.3) is 0 Å². The molecule has 3 nitrogen and oxygen atoms in total. The number of allylic oxidation sites excluding steroid dienone is 2. The van der Waals surface area contributed by atoms with Crippen LogP contribution in [0.2, 0.25) is 0 Å². The average Bonchev–Trinajstić information content (AvgIpc) is 2.52. The van der Waals surface area contributed by atoms with Crippen molar-refractivity contribution in [1.82, 2.24) is 0 Å². The Kier molecular flexibility index (Phi) is 3.07. The van der Waals surface area contributed by atoms with Gasteiger partial charge in [0.05, 0.1) is 12.0 Å². The molecule has 1 N–H and O–H groups in total. The van der Waals surface area contributed by atoms with E-state index in [1.807, 2.05) is 13.0 Å². The Morgan fingerprint density at radius 2 is 2.15 bits per heavy atom. The van der Waals surface area contributed by atoms with Crippen LogP contribution in [-0.4, -0.2) is 11.1 Å². The fraction of sp³-hybridized carbons (Fsp3) is 0.600. The maximum absolute atomic E-state index is 10.8. The average molecular weight is 179 g/mol. The van der Waals surface area contributed by atoms with Gasteiger partial charge in [-0.25, -0.2) is 0 Å². The third-order valence-electron chi connectivity index (χ3n) is 2.71. The Morgan fingerprint density at radius 3 is 2.69 bits per heavy atom. The molecule has 1 rings (SSSR count). The summed E-state index contributed by atoms with van der Waals surface area (Å²) in [6.07, 6.45) is 4.07. The van der Waals surface area contributed by atoms with Crippen LogP contribution in [0.25, 0.3) is 0 Å². The first-order valence-corrected chi connectivity index (χ1v) is 4.46. The summed E-state index contributed by atoms with van der Waals surface area (Å²) < 4.78 is 0. The van der Waals surface area contributed by atoms with E-state index in [0.717, 1.165) is 24.8 Å². The molecule has 2 unspecified atom stereocenters. The molecule has 0 radical (unpaired) electrons. The highest BCUT2D eigenvalue weighted by atomic mass is 16.4.